The lowest BCUT2D eigenvalue weighted by Crippen LogP contribution is -2.37. The van der Waals surface area contributed by atoms with E-state index in [2.05, 4.69) is 51.3 Å². The number of anilines is 1. The summed E-state index contributed by atoms with van der Waals surface area (Å²) >= 11 is 0. The van der Waals surface area contributed by atoms with E-state index in [1.807, 2.05) is 45.6 Å². The zero-order chi connectivity index (χ0) is 18.3. The zero-order valence-corrected chi connectivity index (χ0v) is 15.4. The molecule has 4 heteroatoms. The summed E-state index contributed by atoms with van der Waals surface area (Å²) in [7, 11) is 2.03. The van der Waals surface area contributed by atoms with Crippen LogP contribution < -0.4 is 5.32 Å². The first-order valence-electron chi connectivity index (χ1n) is 8.91. The molecule has 4 nitrogen and oxygen atoms in total. The van der Waals surface area contributed by atoms with Crippen LogP contribution in [0.2, 0.25) is 0 Å². The van der Waals surface area contributed by atoms with Gasteiger partial charge in [0.2, 0.25) is 5.91 Å². The SMILES string of the molecule is Cn1cncc1C(c1ccccc1)c1ccc2c(c1)CC(C)(C)C(=O)N2. The summed E-state index contributed by atoms with van der Waals surface area (Å²) in [6, 6.07) is 16.9. The minimum absolute atomic E-state index is 0.0870. The number of fused-ring (bicyclic) bond motifs is 1. The number of carbonyl (C=O) groups is 1. The third kappa shape index (κ3) is 2.81. The summed E-state index contributed by atoms with van der Waals surface area (Å²) in [4.78, 5) is 16.5. The summed E-state index contributed by atoms with van der Waals surface area (Å²) in [5, 5.41) is 3.05. The molecule has 1 N–H and O–H groups in total. The van der Waals surface area contributed by atoms with Crippen molar-refractivity contribution in [3.05, 3.63) is 83.4 Å². The van der Waals surface area contributed by atoms with Crippen molar-refractivity contribution in [3.8, 4) is 0 Å². The van der Waals surface area contributed by atoms with Gasteiger partial charge in [-0.3, -0.25) is 4.79 Å². The topological polar surface area (TPSA) is 46.9 Å². The summed E-state index contributed by atoms with van der Waals surface area (Å²) in [5.74, 6) is 0.193. The van der Waals surface area contributed by atoms with Gasteiger partial charge in [-0.1, -0.05) is 56.3 Å². The zero-order valence-electron chi connectivity index (χ0n) is 15.4. The number of benzene rings is 2. The van der Waals surface area contributed by atoms with Crippen molar-refractivity contribution >= 4 is 11.6 Å². The number of rotatable bonds is 3. The highest BCUT2D eigenvalue weighted by Gasteiger charge is 2.34. The Morgan fingerprint density at radius 3 is 2.58 bits per heavy atom. The molecule has 1 aliphatic rings. The van der Waals surface area contributed by atoms with Crippen molar-refractivity contribution in [3.63, 3.8) is 0 Å². The van der Waals surface area contributed by atoms with Gasteiger partial charge in [-0.15, -0.1) is 0 Å². The molecule has 132 valence electrons. The van der Waals surface area contributed by atoms with E-state index in [4.69, 9.17) is 0 Å². The van der Waals surface area contributed by atoms with Gasteiger partial charge in [0.15, 0.2) is 0 Å². The summed E-state index contributed by atoms with van der Waals surface area (Å²) in [5.41, 5.74) is 5.32. The van der Waals surface area contributed by atoms with Crippen LogP contribution >= 0.6 is 0 Å². The van der Waals surface area contributed by atoms with E-state index in [0.29, 0.717) is 0 Å². The van der Waals surface area contributed by atoms with Gasteiger partial charge in [0.1, 0.15) is 0 Å². The minimum atomic E-state index is -0.388. The fourth-order valence-corrected chi connectivity index (χ4v) is 3.73. The molecule has 1 unspecified atom stereocenters. The van der Waals surface area contributed by atoms with Crippen molar-refractivity contribution in [1.82, 2.24) is 9.55 Å². The normalized spacial score (nSPS) is 16.7. The molecule has 1 aromatic heterocycles. The lowest BCUT2D eigenvalue weighted by atomic mass is 9.79. The van der Waals surface area contributed by atoms with Crippen LogP contribution in [-0.4, -0.2) is 15.5 Å². The molecule has 1 atom stereocenters. The highest BCUT2D eigenvalue weighted by atomic mass is 16.2. The number of carbonyl (C=O) groups excluding carboxylic acids is 1. The molecule has 2 aromatic carbocycles. The molecule has 2 heterocycles. The number of nitrogens with zero attached hydrogens (tertiary/aromatic N) is 2. The average Bonchev–Trinajstić information content (AvgIpc) is 3.03. The van der Waals surface area contributed by atoms with E-state index < -0.39 is 0 Å². The highest BCUT2D eigenvalue weighted by Crippen LogP contribution is 2.38. The van der Waals surface area contributed by atoms with Crippen LogP contribution in [-0.2, 0) is 18.3 Å². The molecule has 4 rings (SSSR count). The van der Waals surface area contributed by atoms with Crippen molar-refractivity contribution in [2.24, 2.45) is 12.5 Å². The Bertz CT molecular complexity index is 957. The standard InChI is InChI=1S/C22H23N3O/c1-22(2)12-17-11-16(9-10-18(17)24-21(22)26)20(15-7-5-4-6-8-15)19-13-23-14-25(19)3/h4-11,13-14,20H,12H2,1-3H3,(H,24,26). The van der Waals surface area contributed by atoms with Crippen LogP contribution in [0.1, 0.15) is 42.1 Å². The molecule has 3 aromatic rings. The summed E-state index contributed by atoms with van der Waals surface area (Å²) < 4.78 is 2.07. The van der Waals surface area contributed by atoms with Gasteiger partial charge in [-0.05, 0) is 29.2 Å². The number of nitrogens with one attached hydrogen (secondary N) is 1. The first-order valence-corrected chi connectivity index (χ1v) is 8.91. The lowest BCUT2D eigenvalue weighted by Gasteiger charge is -2.31. The Kier molecular flexibility index (Phi) is 3.91. The van der Waals surface area contributed by atoms with Crippen LogP contribution in [0.25, 0.3) is 0 Å². The van der Waals surface area contributed by atoms with Crippen LogP contribution in [0.3, 0.4) is 0 Å². The Balaban J connectivity index is 1.83. The van der Waals surface area contributed by atoms with Gasteiger partial charge in [-0.25, -0.2) is 4.98 Å². The Morgan fingerprint density at radius 2 is 1.88 bits per heavy atom. The molecule has 1 aliphatic heterocycles. The molecule has 0 fully saturated rings. The first kappa shape index (κ1) is 16.6. The Hall–Kier alpha value is -2.88. The fourth-order valence-electron chi connectivity index (χ4n) is 3.73. The second-order valence-corrected chi connectivity index (χ2v) is 7.70. The van der Waals surface area contributed by atoms with Crippen molar-refractivity contribution in [1.29, 1.82) is 0 Å². The van der Waals surface area contributed by atoms with E-state index >= 15 is 0 Å². The number of amides is 1. The smallest absolute Gasteiger partial charge is 0.230 e. The molecule has 0 radical (unpaired) electrons. The monoisotopic (exact) mass is 345 g/mol. The van der Waals surface area contributed by atoms with Crippen molar-refractivity contribution < 1.29 is 4.79 Å². The van der Waals surface area contributed by atoms with Crippen molar-refractivity contribution in [2.45, 2.75) is 26.2 Å². The number of hydrogen-bond donors (Lipinski definition) is 1. The average molecular weight is 345 g/mol. The fraction of sp³-hybridized carbons (Fsp3) is 0.273. The Labute approximate surface area is 153 Å². The van der Waals surface area contributed by atoms with E-state index in [1.54, 1.807) is 0 Å². The maximum absolute atomic E-state index is 12.2. The van der Waals surface area contributed by atoms with Crippen molar-refractivity contribution in [2.75, 3.05) is 5.32 Å². The van der Waals surface area contributed by atoms with E-state index in [0.717, 1.165) is 17.8 Å². The van der Waals surface area contributed by atoms with Gasteiger partial charge in [0.05, 0.1) is 12.2 Å². The van der Waals surface area contributed by atoms with Crippen LogP contribution in [0.4, 0.5) is 5.69 Å². The summed E-state index contributed by atoms with van der Waals surface area (Å²) in [6.07, 6.45) is 4.52. The van der Waals surface area contributed by atoms with E-state index in [1.165, 1.54) is 16.7 Å². The molecule has 1 amide bonds. The lowest BCUT2D eigenvalue weighted by molar-refractivity contribution is -0.124. The number of hydrogen-bond acceptors (Lipinski definition) is 2. The second-order valence-electron chi connectivity index (χ2n) is 7.70. The van der Waals surface area contributed by atoms with Crippen LogP contribution in [0.15, 0.2) is 61.1 Å². The van der Waals surface area contributed by atoms with Gasteiger partial charge in [0.25, 0.3) is 0 Å². The Morgan fingerprint density at radius 1 is 1.12 bits per heavy atom. The number of imidazole rings is 1. The van der Waals surface area contributed by atoms with Gasteiger partial charge < -0.3 is 9.88 Å². The number of aromatic nitrogens is 2. The van der Waals surface area contributed by atoms with Gasteiger partial charge in [0, 0.05) is 30.0 Å². The van der Waals surface area contributed by atoms with Gasteiger partial charge >= 0.3 is 0 Å². The predicted octanol–water partition coefficient (Wildman–Crippen LogP) is 4.12. The maximum atomic E-state index is 12.2. The second kappa shape index (κ2) is 6.13. The predicted molar refractivity (Wildman–Crippen MR) is 103 cm³/mol. The molecule has 0 aliphatic carbocycles. The van der Waals surface area contributed by atoms with Gasteiger partial charge in [-0.2, -0.15) is 0 Å². The van der Waals surface area contributed by atoms with Crippen LogP contribution in [0.5, 0.6) is 0 Å². The van der Waals surface area contributed by atoms with E-state index in [-0.39, 0.29) is 17.2 Å². The van der Waals surface area contributed by atoms with Crippen LogP contribution in [0, 0.1) is 5.41 Å². The highest BCUT2D eigenvalue weighted by molar-refractivity contribution is 5.98. The number of aryl methyl sites for hydroxylation is 1. The molecule has 0 bridgehead atoms. The molecule has 0 saturated carbocycles. The maximum Gasteiger partial charge on any atom is 0.230 e. The minimum Gasteiger partial charge on any atom is -0.337 e. The molecular weight excluding hydrogens is 322 g/mol. The molecule has 0 spiro atoms. The third-order valence-corrected chi connectivity index (χ3v) is 5.24. The first-order chi connectivity index (χ1) is 12.5. The molecular formula is C22H23N3O. The van der Waals surface area contributed by atoms with E-state index in [9.17, 15) is 4.79 Å². The molecule has 26 heavy (non-hydrogen) atoms. The largest absolute Gasteiger partial charge is 0.337 e. The quantitative estimate of drug-likeness (QED) is 0.776. The molecule has 0 saturated heterocycles. The summed E-state index contributed by atoms with van der Waals surface area (Å²) in [6.45, 7) is 3.99. The third-order valence-electron chi connectivity index (χ3n) is 5.24.